The van der Waals surface area contributed by atoms with Gasteiger partial charge in [0.1, 0.15) is 17.5 Å². The van der Waals surface area contributed by atoms with Gasteiger partial charge in [0.05, 0.1) is 7.11 Å². The van der Waals surface area contributed by atoms with E-state index in [2.05, 4.69) is 37.0 Å². The van der Waals surface area contributed by atoms with Crippen molar-refractivity contribution in [3.05, 3.63) is 58.9 Å². The molecule has 0 spiro atoms. The number of rotatable bonds is 4. The molecule has 0 saturated heterocycles. The third-order valence-corrected chi connectivity index (χ3v) is 3.05. The molecular weight excluding hydrogens is 238 g/mol. The van der Waals surface area contributed by atoms with E-state index in [1.54, 1.807) is 19.4 Å². The zero-order chi connectivity index (χ0) is 13.8. The highest BCUT2D eigenvalue weighted by Crippen LogP contribution is 2.25. The number of benzene rings is 1. The van der Waals surface area contributed by atoms with Crippen molar-refractivity contribution >= 4 is 0 Å². The molecule has 2 rings (SSSR count). The molecule has 1 unspecified atom stereocenters. The van der Waals surface area contributed by atoms with E-state index in [9.17, 15) is 5.11 Å². The Balaban J connectivity index is 2.22. The molecule has 0 aliphatic rings. The minimum Gasteiger partial charge on any atom is -0.495 e. The number of aliphatic hydroxyl groups is 1. The van der Waals surface area contributed by atoms with E-state index in [-0.39, 0.29) is 0 Å². The maximum absolute atomic E-state index is 10.3. The van der Waals surface area contributed by atoms with Gasteiger partial charge in [-0.3, -0.25) is 4.98 Å². The normalized spacial score (nSPS) is 12.2. The first-order valence-electron chi connectivity index (χ1n) is 6.34. The third kappa shape index (κ3) is 3.32. The number of aryl methyl sites for hydroxylation is 2. The highest BCUT2D eigenvalue weighted by atomic mass is 16.5. The zero-order valence-corrected chi connectivity index (χ0v) is 11.6. The number of pyridine rings is 1. The molecule has 1 aromatic heterocycles. The molecule has 19 heavy (non-hydrogen) atoms. The molecule has 2 aromatic rings. The van der Waals surface area contributed by atoms with Crippen LogP contribution >= 0.6 is 0 Å². The maximum atomic E-state index is 10.3. The average Bonchev–Trinajstić information content (AvgIpc) is 2.37. The predicted molar refractivity (Wildman–Crippen MR) is 75.4 cm³/mol. The molecule has 3 nitrogen and oxygen atoms in total. The molecule has 1 heterocycles. The van der Waals surface area contributed by atoms with Gasteiger partial charge in [0, 0.05) is 12.6 Å². The number of hydrogen-bond acceptors (Lipinski definition) is 3. The van der Waals surface area contributed by atoms with Crippen LogP contribution in [0.3, 0.4) is 0 Å². The van der Waals surface area contributed by atoms with Crippen molar-refractivity contribution in [1.82, 2.24) is 4.98 Å². The second-order valence-electron chi connectivity index (χ2n) is 4.81. The van der Waals surface area contributed by atoms with Gasteiger partial charge in [-0.2, -0.15) is 0 Å². The number of ether oxygens (including phenoxy) is 1. The summed E-state index contributed by atoms with van der Waals surface area (Å²) in [4.78, 5) is 4.22. The summed E-state index contributed by atoms with van der Waals surface area (Å²) in [7, 11) is 1.59. The summed E-state index contributed by atoms with van der Waals surface area (Å²) in [6.45, 7) is 4.12. The van der Waals surface area contributed by atoms with Crippen molar-refractivity contribution in [1.29, 1.82) is 0 Å². The van der Waals surface area contributed by atoms with E-state index in [0.29, 0.717) is 17.9 Å². The fourth-order valence-electron chi connectivity index (χ4n) is 2.33. The number of methoxy groups -OCH3 is 1. The maximum Gasteiger partial charge on any atom is 0.143 e. The summed E-state index contributed by atoms with van der Waals surface area (Å²) in [5, 5.41) is 10.3. The molecule has 0 saturated carbocycles. The Morgan fingerprint density at radius 1 is 1.21 bits per heavy atom. The van der Waals surface area contributed by atoms with Crippen molar-refractivity contribution in [3.8, 4) is 5.75 Å². The Bertz CT molecular complexity index is 546. The summed E-state index contributed by atoms with van der Waals surface area (Å²) in [6.07, 6.45) is 1.55. The Hall–Kier alpha value is -1.87. The molecular formula is C16H19NO2. The molecule has 1 N–H and O–H groups in total. The van der Waals surface area contributed by atoms with Crippen LogP contribution in [0.25, 0.3) is 0 Å². The standard InChI is InChI=1S/C16H19NO2/c1-11-7-12(2)9-13(8-11)10-14(18)16-15(19-3)5-4-6-17-16/h4-9,14,18H,10H2,1-3H3. The quantitative estimate of drug-likeness (QED) is 0.915. The van der Waals surface area contributed by atoms with Crippen LogP contribution in [0.5, 0.6) is 5.75 Å². The lowest BCUT2D eigenvalue weighted by molar-refractivity contribution is 0.169. The molecule has 1 atom stereocenters. The minimum atomic E-state index is -0.655. The fourth-order valence-corrected chi connectivity index (χ4v) is 2.33. The first kappa shape index (κ1) is 13.6. The van der Waals surface area contributed by atoms with E-state index in [1.165, 1.54) is 11.1 Å². The highest BCUT2D eigenvalue weighted by molar-refractivity contribution is 5.32. The fraction of sp³-hybridized carbons (Fsp3) is 0.312. The van der Waals surface area contributed by atoms with Crippen molar-refractivity contribution in [2.45, 2.75) is 26.4 Å². The van der Waals surface area contributed by atoms with Gasteiger partial charge in [0.15, 0.2) is 0 Å². The molecule has 100 valence electrons. The van der Waals surface area contributed by atoms with E-state index >= 15 is 0 Å². The number of nitrogens with zero attached hydrogens (tertiary/aromatic N) is 1. The van der Waals surface area contributed by atoms with E-state index < -0.39 is 6.10 Å². The van der Waals surface area contributed by atoms with Gasteiger partial charge in [0.2, 0.25) is 0 Å². The Morgan fingerprint density at radius 2 is 1.89 bits per heavy atom. The topological polar surface area (TPSA) is 42.4 Å². The Morgan fingerprint density at radius 3 is 2.53 bits per heavy atom. The van der Waals surface area contributed by atoms with Crippen molar-refractivity contribution < 1.29 is 9.84 Å². The smallest absolute Gasteiger partial charge is 0.143 e. The summed E-state index contributed by atoms with van der Waals surface area (Å²) in [5.74, 6) is 0.624. The van der Waals surface area contributed by atoms with E-state index in [1.807, 2.05) is 6.07 Å². The number of aliphatic hydroxyl groups excluding tert-OH is 1. The van der Waals surface area contributed by atoms with Crippen LogP contribution in [0.4, 0.5) is 0 Å². The lowest BCUT2D eigenvalue weighted by Crippen LogP contribution is -2.06. The molecule has 1 aromatic carbocycles. The predicted octanol–water partition coefficient (Wildman–Crippen LogP) is 2.98. The van der Waals surface area contributed by atoms with Crippen LogP contribution in [0, 0.1) is 13.8 Å². The molecule has 0 amide bonds. The molecule has 3 heteroatoms. The SMILES string of the molecule is COc1cccnc1C(O)Cc1cc(C)cc(C)c1. The van der Waals surface area contributed by atoms with Gasteiger partial charge in [-0.25, -0.2) is 0 Å². The second kappa shape index (κ2) is 5.85. The first-order chi connectivity index (χ1) is 9.10. The molecule has 0 aliphatic heterocycles. The van der Waals surface area contributed by atoms with E-state index in [4.69, 9.17) is 4.74 Å². The van der Waals surface area contributed by atoms with Gasteiger partial charge >= 0.3 is 0 Å². The van der Waals surface area contributed by atoms with Gasteiger partial charge in [0.25, 0.3) is 0 Å². The zero-order valence-electron chi connectivity index (χ0n) is 11.6. The Kier molecular flexibility index (Phi) is 4.17. The highest BCUT2D eigenvalue weighted by Gasteiger charge is 2.15. The van der Waals surface area contributed by atoms with Crippen LogP contribution in [-0.2, 0) is 6.42 Å². The molecule has 0 fully saturated rings. The van der Waals surface area contributed by atoms with Crippen LogP contribution in [-0.4, -0.2) is 17.2 Å². The largest absolute Gasteiger partial charge is 0.495 e. The summed E-state index contributed by atoms with van der Waals surface area (Å²) < 4.78 is 5.23. The number of hydrogen-bond donors (Lipinski definition) is 1. The monoisotopic (exact) mass is 257 g/mol. The van der Waals surface area contributed by atoms with Crippen LogP contribution < -0.4 is 4.74 Å². The van der Waals surface area contributed by atoms with Crippen molar-refractivity contribution in [2.24, 2.45) is 0 Å². The molecule has 0 radical (unpaired) electrons. The van der Waals surface area contributed by atoms with Gasteiger partial charge in [-0.1, -0.05) is 29.3 Å². The summed E-state index contributed by atoms with van der Waals surface area (Å²) in [6, 6.07) is 9.91. The van der Waals surface area contributed by atoms with Gasteiger partial charge in [-0.05, 0) is 31.5 Å². The third-order valence-electron chi connectivity index (χ3n) is 3.05. The van der Waals surface area contributed by atoms with Crippen LogP contribution in [0.15, 0.2) is 36.5 Å². The Labute approximate surface area is 113 Å². The van der Waals surface area contributed by atoms with Crippen molar-refractivity contribution in [2.75, 3.05) is 7.11 Å². The lowest BCUT2D eigenvalue weighted by Gasteiger charge is -2.14. The first-order valence-corrected chi connectivity index (χ1v) is 6.34. The van der Waals surface area contributed by atoms with Crippen molar-refractivity contribution in [3.63, 3.8) is 0 Å². The summed E-state index contributed by atoms with van der Waals surface area (Å²) >= 11 is 0. The average molecular weight is 257 g/mol. The van der Waals surface area contributed by atoms with E-state index in [0.717, 1.165) is 5.56 Å². The van der Waals surface area contributed by atoms with Crippen LogP contribution in [0.2, 0.25) is 0 Å². The lowest BCUT2D eigenvalue weighted by atomic mass is 10.0. The van der Waals surface area contributed by atoms with Gasteiger partial charge < -0.3 is 9.84 Å². The molecule has 0 aliphatic carbocycles. The van der Waals surface area contributed by atoms with Crippen LogP contribution in [0.1, 0.15) is 28.5 Å². The second-order valence-corrected chi connectivity index (χ2v) is 4.81. The minimum absolute atomic E-state index is 0.538. The molecule has 0 bridgehead atoms. The number of aromatic nitrogens is 1. The summed E-state index contributed by atoms with van der Waals surface area (Å²) in [5.41, 5.74) is 4.10. The van der Waals surface area contributed by atoms with Gasteiger partial charge in [-0.15, -0.1) is 0 Å².